The molecule has 0 amide bonds. The molecule has 0 aliphatic carbocycles. The highest BCUT2D eigenvalue weighted by molar-refractivity contribution is 7.13. The summed E-state index contributed by atoms with van der Waals surface area (Å²) in [5, 5.41) is 8.76. The number of hydrogen-bond acceptors (Lipinski definition) is 3. The first-order valence-corrected chi connectivity index (χ1v) is 7.48. The lowest BCUT2D eigenvalue weighted by molar-refractivity contribution is 1.13. The van der Waals surface area contributed by atoms with Gasteiger partial charge in [-0.2, -0.15) is 0 Å². The molecular weight excluding hydrogens is 290 g/mol. The highest BCUT2D eigenvalue weighted by Crippen LogP contribution is 2.22. The predicted octanol–water partition coefficient (Wildman–Crippen LogP) is 4.77. The minimum absolute atomic E-state index is 0.108. The van der Waals surface area contributed by atoms with Crippen LogP contribution in [-0.2, 0) is 0 Å². The molecule has 1 aromatic carbocycles. The van der Waals surface area contributed by atoms with Crippen LogP contribution in [0.25, 0.3) is 23.1 Å². The monoisotopic (exact) mass is 305 g/mol. The normalized spacial score (nSPS) is 11.2. The summed E-state index contributed by atoms with van der Waals surface area (Å²) >= 11 is 1.55. The molecule has 108 valence electrons. The molecular formula is C18H15N3S. The zero-order valence-corrected chi connectivity index (χ0v) is 13.3. The number of allylic oxidation sites excluding steroid dienone is 1. The summed E-state index contributed by atoms with van der Waals surface area (Å²) in [6.45, 7) is 6.88. The predicted molar refractivity (Wildman–Crippen MR) is 94.2 cm³/mol. The number of hydrogen-bond donors (Lipinski definition) is 0. The van der Waals surface area contributed by atoms with Crippen molar-refractivity contribution in [3.05, 3.63) is 68.8 Å². The Kier molecular flexibility index (Phi) is 5.14. The average molecular weight is 305 g/mol. The molecule has 0 fully saturated rings. The van der Waals surface area contributed by atoms with Crippen molar-refractivity contribution in [3.63, 3.8) is 0 Å². The fraction of sp³-hybridized carbons (Fsp3) is 0.111. The molecule has 1 aromatic heterocycles. The molecule has 0 saturated heterocycles. The summed E-state index contributed by atoms with van der Waals surface area (Å²) < 4.78 is 0. The molecule has 0 unspecified atom stereocenters. The van der Waals surface area contributed by atoms with Crippen LogP contribution in [0, 0.1) is 17.9 Å². The van der Waals surface area contributed by atoms with Gasteiger partial charge in [-0.3, -0.25) is 0 Å². The van der Waals surface area contributed by atoms with Gasteiger partial charge in [-0.1, -0.05) is 18.2 Å². The summed E-state index contributed by atoms with van der Waals surface area (Å²) in [4.78, 5) is 7.23. The largest absolute Gasteiger partial charge is 0.378 e. The third-order valence-electron chi connectivity index (χ3n) is 3.01. The Labute approximate surface area is 134 Å². The fourth-order valence-electron chi connectivity index (χ4n) is 1.82. The molecule has 0 spiro atoms. The van der Waals surface area contributed by atoms with Gasteiger partial charge in [0, 0.05) is 29.5 Å². The quantitative estimate of drug-likeness (QED) is 0.602. The molecule has 0 atom stereocenters. The van der Waals surface area contributed by atoms with E-state index in [0.717, 1.165) is 15.3 Å². The van der Waals surface area contributed by atoms with Crippen LogP contribution in [0.15, 0.2) is 42.1 Å². The van der Waals surface area contributed by atoms with E-state index in [1.54, 1.807) is 17.4 Å². The van der Waals surface area contributed by atoms with Crippen molar-refractivity contribution in [3.8, 4) is 6.07 Å². The standard InChI is InChI=1S/C18H15N3S/c1-20-15(13-19)12-18-11-10-17(22-18)9-6-14-4-7-16(8-5-14)21(2)3/h4-12H,2-3H3. The van der Waals surface area contributed by atoms with Gasteiger partial charge in [0.1, 0.15) is 0 Å². The maximum Gasteiger partial charge on any atom is 0.263 e. The van der Waals surface area contributed by atoms with E-state index < -0.39 is 0 Å². The van der Waals surface area contributed by atoms with Gasteiger partial charge in [-0.15, -0.1) is 11.3 Å². The van der Waals surface area contributed by atoms with Crippen molar-refractivity contribution in [2.45, 2.75) is 0 Å². The van der Waals surface area contributed by atoms with Crippen LogP contribution in [0.4, 0.5) is 5.69 Å². The van der Waals surface area contributed by atoms with E-state index in [1.807, 2.05) is 38.4 Å². The van der Waals surface area contributed by atoms with E-state index in [-0.39, 0.29) is 5.70 Å². The lowest BCUT2D eigenvalue weighted by Crippen LogP contribution is -2.07. The van der Waals surface area contributed by atoms with Gasteiger partial charge < -0.3 is 4.90 Å². The van der Waals surface area contributed by atoms with Crippen LogP contribution in [0.3, 0.4) is 0 Å². The molecule has 0 radical (unpaired) electrons. The van der Waals surface area contributed by atoms with E-state index in [4.69, 9.17) is 11.8 Å². The van der Waals surface area contributed by atoms with Crippen LogP contribution in [0.1, 0.15) is 15.3 Å². The number of benzene rings is 1. The molecule has 22 heavy (non-hydrogen) atoms. The van der Waals surface area contributed by atoms with Crippen molar-refractivity contribution in [1.29, 1.82) is 5.26 Å². The molecule has 0 bridgehead atoms. The highest BCUT2D eigenvalue weighted by Gasteiger charge is 1.98. The van der Waals surface area contributed by atoms with Gasteiger partial charge in [0.05, 0.1) is 12.6 Å². The van der Waals surface area contributed by atoms with Crippen molar-refractivity contribution in [1.82, 2.24) is 0 Å². The first kappa shape index (κ1) is 15.6. The molecule has 0 aliphatic rings. The van der Waals surface area contributed by atoms with Crippen LogP contribution in [0.5, 0.6) is 0 Å². The average Bonchev–Trinajstić information content (AvgIpc) is 2.98. The van der Waals surface area contributed by atoms with Gasteiger partial charge in [0.2, 0.25) is 0 Å². The third-order valence-corrected chi connectivity index (χ3v) is 4.01. The molecule has 0 saturated carbocycles. The molecule has 2 aromatic rings. The fourth-order valence-corrected chi connectivity index (χ4v) is 2.67. The van der Waals surface area contributed by atoms with Gasteiger partial charge in [0.25, 0.3) is 5.70 Å². The van der Waals surface area contributed by atoms with E-state index in [9.17, 15) is 0 Å². The van der Waals surface area contributed by atoms with Crippen molar-refractivity contribution in [2.24, 2.45) is 0 Å². The SMILES string of the molecule is [C-]#[N+]C(C#N)=Cc1ccc(C=Cc2ccc(N(C)C)cc2)s1. The molecule has 0 N–H and O–H groups in total. The number of nitriles is 1. The Morgan fingerprint density at radius 1 is 1.14 bits per heavy atom. The van der Waals surface area contributed by atoms with Crippen LogP contribution in [-0.4, -0.2) is 14.1 Å². The Balaban J connectivity index is 2.11. The first-order valence-electron chi connectivity index (χ1n) is 6.67. The summed E-state index contributed by atoms with van der Waals surface area (Å²) in [6.07, 6.45) is 5.70. The molecule has 4 heteroatoms. The zero-order chi connectivity index (χ0) is 15.9. The first-order chi connectivity index (χ1) is 10.6. The third kappa shape index (κ3) is 4.09. The number of anilines is 1. The summed E-state index contributed by atoms with van der Waals surface area (Å²) in [5.41, 5.74) is 2.41. The Hall–Kier alpha value is -2.82. The zero-order valence-electron chi connectivity index (χ0n) is 12.4. The van der Waals surface area contributed by atoms with Crippen LogP contribution < -0.4 is 4.90 Å². The summed E-state index contributed by atoms with van der Waals surface area (Å²) in [6, 6.07) is 14.1. The van der Waals surface area contributed by atoms with Crippen molar-refractivity contribution >= 4 is 35.3 Å². The van der Waals surface area contributed by atoms with E-state index in [1.165, 1.54) is 5.69 Å². The molecule has 3 nitrogen and oxygen atoms in total. The van der Waals surface area contributed by atoms with Crippen LogP contribution >= 0.6 is 11.3 Å². The van der Waals surface area contributed by atoms with Crippen molar-refractivity contribution in [2.75, 3.05) is 19.0 Å². The minimum Gasteiger partial charge on any atom is -0.378 e. The topological polar surface area (TPSA) is 31.4 Å². The second-order valence-electron chi connectivity index (χ2n) is 4.81. The van der Waals surface area contributed by atoms with E-state index in [2.05, 4.69) is 40.1 Å². The van der Waals surface area contributed by atoms with E-state index in [0.29, 0.717) is 0 Å². The smallest absolute Gasteiger partial charge is 0.263 e. The molecule has 1 heterocycles. The Morgan fingerprint density at radius 2 is 1.82 bits per heavy atom. The maximum atomic E-state index is 8.76. The lowest BCUT2D eigenvalue weighted by atomic mass is 10.2. The lowest BCUT2D eigenvalue weighted by Gasteiger charge is -2.11. The second kappa shape index (κ2) is 7.26. The summed E-state index contributed by atoms with van der Waals surface area (Å²) in [7, 11) is 4.04. The van der Waals surface area contributed by atoms with Gasteiger partial charge in [-0.25, -0.2) is 10.1 Å². The highest BCUT2D eigenvalue weighted by atomic mass is 32.1. The number of nitrogens with zero attached hydrogens (tertiary/aromatic N) is 3. The van der Waals surface area contributed by atoms with Gasteiger partial charge in [-0.05, 0) is 42.0 Å². The maximum absolute atomic E-state index is 8.76. The van der Waals surface area contributed by atoms with Crippen LogP contribution in [0.2, 0.25) is 0 Å². The molecule has 2 rings (SSSR count). The second-order valence-corrected chi connectivity index (χ2v) is 5.96. The number of rotatable bonds is 4. The Morgan fingerprint density at radius 3 is 2.41 bits per heavy atom. The minimum atomic E-state index is 0.108. The Bertz CT molecular complexity index is 765. The van der Waals surface area contributed by atoms with Gasteiger partial charge >= 0.3 is 0 Å². The van der Waals surface area contributed by atoms with Crippen molar-refractivity contribution < 1.29 is 0 Å². The van der Waals surface area contributed by atoms with E-state index >= 15 is 0 Å². The van der Waals surface area contributed by atoms with Gasteiger partial charge in [0.15, 0.2) is 0 Å². The summed E-state index contributed by atoms with van der Waals surface area (Å²) in [5.74, 6) is 0. The molecule has 0 aliphatic heterocycles. The number of thiophene rings is 1.